The van der Waals surface area contributed by atoms with E-state index < -0.39 is 0 Å². The summed E-state index contributed by atoms with van der Waals surface area (Å²) in [7, 11) is 0. The summed E-state index contributed by atoms with van der Waals surface area (Å²) >= 11 is 1.99. The van der Waals surface area contributed by atoms with Crippen molar-refractivity contribution in [2.24, 2.45) is 5.92 Å². The van der Waals surface area contributed by atoms with Gasteiger partial charge in [-0.3, -0.25) is 0 Å². The van der Waals surface area contributed by atoms with Crippen LogP contribution in [0.25, 0.3) is 0 Å². The van der Waals surface area contributed by atoms with E-state index in [9.17, 15) is 0 Å². The topological polar surface area (TPSA) is 3.24 Å². The fraction of sp³-hybridized carbons (Fsp3) is 0.684. The third-order valence-corrected chi connectivity index (χ3v) is 5.23. The number of hydrogen-bond donors (Lipinski definition) is 0. The maximum atomic E-state index is 2.51. The number of benzene rings is 1. The van der Waals surface area contributed by atoms with Gasteiger partial charge in [-0.05, 0) is 67.8 Å². The van der Waals surface area contributed by atoms with Crippen LogP contribution in [0.3, 0.4) is 0 Å². The molecule has 0 heterocycles. The van der Waals surface area contributed by atoms with E-state index in [-0.39, 0.29) is 0 Å². The molecule has 0 aliphatic carbocycles. The van der Waals surface area contributed by atoms with Crippen molar-refractivity contribution in [3.8, 4) is 0 Å². The first kappa shape index (κ1) is 18.6. The lowest BCUT2D eigenvalue weighted by molar-refractivity contribution is 0.292. The van der Waals surface area contributed by atoms with Crippen molar-refractivity contribution in [2.75, 3.05) is 25.4 Å². The van der Waals surface area contributed by atoms with Crippen LogP contribution in [0.1, 0.15) is 58.9 Å². The molecular weight excluding hydrogens is 274 g/mol. The summed E-state index contributed by atoms with van der Waals surface area (Å²) in [5.74, 6) is 2.69. The van der Waals surface area contributed by atoms with E-state index in [1.165, 1.54) is 35.6 Å². The van der Waals surface area contributed by atoms with Gasteiger partial charge in [0.1, 0.15) is 0 Å². The van der Waals surface area contributed by atoms with Gasteiger partial charge in [-0.1, -0.05) is 46.8 Å². The Bertz CT molecular complexity index is 368. The van der Waals surface area contributed by atoms with Crippen LogP contribution in [0, 0.1) is 5.92 Å². The van der Waals surface area contributed by atoms with Crippen LogP contribution in [-0.4, -0.2) is 30.3 Å². The van der Waals surface area contributed by atoms with Gasteiger partial charge in [0.05, 0.1) is 0 Å². The maximum absolute atomic E-state index is 2.51. The highest BCUT2D eigenvalue weighted by Gasteiger charge is 2.08. The van der Waals surface area contributed by atoms with Gasteiger partial charge in [-0.15, -0.1) is 11.8 Å². The van der Waals surface area contributed by atoms with Crippen LogP contribution >= 0.6 is 11.8 Å². The first-order valence-corrected chi connectivity index (χ1v) is 9.50. The van der Waals surface area contributed by atoms with Crippen molar-refractivity contribution in [1.29, 1.82) is 0 Å². The van der Waals surface area contributed by atoms with Gasteiger partial charge in [-0.2, -0.15) is 0 Å². The Morgan fingerprint density at radius 2 is 1.57 bits per heavy atom. The summed E-state index contributed by atoms with van der Waals surface area (Å²) in [6.07, 6.45) is 2.55. The Hall–Kier alpha value is -0.470. The van der Waals surface area contributed by atoms with E-state index >= 15 is 0 Å². The third kappa shape index (κ3) is 7.37. The summed E-state index contributed by atoms with van der Waals surface area (Å²) < 4.78 is 0. The van der Waals surface area contributed by atoms with Gasteiger partial charge < -0.3 is 4.90 Å². The zero-order valence-corrected chi connectivity index (χ0v) is 15.4. The largest absolute Gasteiger partial charge is 0.304 e. The average molecular weight is 308 g/mol. The molecule has 0 saturated carbocycles. The van der Waals surface area contributed by atoms with E-state index in [0.717, 1.165) is 19.0 Å². The van der Waals surface area contributed by atoms with E-state index in [2.05, 4.69) is 63.8 Å². The Balaban J connectivity index is 2.41. The highest BCUT2D eigenvalue weighted by Crippen LogP contribution is 2.25. The Morgan fingerprint density at radius 1 is 0.952 bits per heavy atom. The molecule has 1 nitrogen and oxygen atoms in total. The van der Waals surface area contributed by atoms with Gasteiger partial charge in [-0.25, -0.2) is 0 Å². The predicted molar refractivity (Wildman–Crippen MR) is 97.4 cm³/mol. The van der Waals surface area contributed by atoms with Gasteiger partial charge in [0.25, 0.3) is 0 Å². The summed E-state index contributed by atoms with van der Waals surface area (Å²) in [4.78, 5) is 3.92. The second-order valence-electron chi connectivity index (χ2n) is 6.32. The van der Waals surface area contributed by atoms with Crippen molar-refractivity contribution < 1.29 is 0 Å². The molecule has 1 unspecified atom stereocenters. The van der Waals surface area contributed by atoms with Crippen molar-refractivity contribution in [1.82, 2.24) is 4.90 Å². The molecule has 1 atom stereocenters. The molecule has 0 radical (unpaired) electrons. The zero-order valence-electron chi connectivity index (χ0n) is 14.6. The van der Waals surface area contributed by atoms with Gasteiger partial charge in [0.2, 0.25) is 0 Å². The third-order valence-electron chi connectivity index (χ3n) is 4.19. The molecule has 1 aromatic rings. The number of hydrogen-bond acceptors (Lipinski definition) is 2. The molecule has 0 N–H and O–H groups in total. The van der Waals surface area contributed by atoms with E-state index in [1.807, 2.05) is 11.8 Å². The minimum absolute atomic E-state index is 0.653. The number of nitrogens with zero attached hydrogens (tertiary/aromatic N) is 1. The highest BCUT2D eigenvalue weighted by atomic mass is 32.2. The van der Waals surface area contributed by atoms with Crippen LogP contribution in [0.15, 0.2) is 29.2 Å². The van der Waals surface area contributed by atoms with Gasteiger partial charge in [0, 0.05) is 4.90 Å². The predicted octanol–water partition coefficient (Wildman–Crippen LogP) is 5.66. The molecule has 2 heteroatoms. The molecule has 1 aromatic carbocycles. The number of rotatable bonds is 10. The Labute approximate surface area is 136 Å². The molecule has 0 spiro atoms. The summed E-state index contributed by atoms with van der Waals surface area (Å²) in [5.41, 5.74) is 1.48. The Morgan fingerprint density at radius 3 is 2.10 bits per heavy atom. The van der Waals surface area contributed by atoms with Crippen molar-refractivity contribution in [2.45, 2.75) is 58.3 Å². The summed E-state index contributed by atoms with van der Waals surface area (Å²) in [6, 6.07) is 9.25. The molecule has 0 amide bonds. The minimum atomic E-state index is 0.653. The van der Waals surface area contributed by atoms with Crippen LogP contribution in [0.5, 0.6) is 0 Å². The SMILES string of the molecule is CCN(CC)CCC(C)c1ccc(SCCC(C)C)cc1. The highest BCUT2D eigenvalue weighted by molar-refractivity contribution is 7.99. The first-order valence-electron chi connectivity index (χ1n) is 8.51. The molecule has 21 heavy (non-hydrogen) atoms. The van der Waals surface area contributed by atoms with E-state index in [0.29, 0.717) is 5.92 Å². The molecular formula is C19H33NS. The number of thioether (sulfide) groups is 1. The van der Waals surface area contributed by atoms with Crippen molar-refractivity contribution in [3.63, 3.8) is 0 Å². The molecule has 0 aromatic heterocycles. The second kappa shape index (κ2) is 10.3. The standard InChI is InChI=1S/C19H33NS/c1-6-20(7-2)14-12-17(5)18-8-10-19(11-9-18)21-15-13-16(3)4/h8-11,16-17H,6-7,12-15H2,1-5H3. The fourth-order valence-corrected chi connectivity index (χ4v) is 3.54. The Kier molecular flexibility index (Phi) is 9.10. The summed E-state index contributed by atoms with van der Waals surface area (Å²) in [6.45, 7) is 15.0. The van der Waals surface area contributed by atoms with Crippen LogP contribution in [0.2, 0.25) is 0 Å². The maximum Gasteiger partial charge on any atom is 0.00721 e. The zero-order chi connectivity index (χ0) is 15.7. The normalized spacial score (nSPS) is 13.1. The molecule has 120 valence electrons. The first-order chi connectivity index (χ1) is 10.1. The van der Waals surface area contributed by atoms with Crippen LogP contribution < -0.4 is 0 Å². The molecule has 0 fully saturated rings. The molecule has 0 aliphatic rings. The fourth-order valence-electron chi connectivity index (χ4n) is 2.39. The van der Waals surface area contributed by atoms with Crippen molar-refractivity contribution >= 4 is 11.8 Å². The molecule has 0 aliphatic heterocycles. The molecule has 0 bridgehead atoms. The lowest BCUT2D eigenvalue weighted by Gasteiger charge is -2.20. The lowest BCUT2D eigenvalue weighted by Crippen LogP contribution is -2.24. The van der Waals surface area contributed by atoms with E-state index in [1.54, 1.807) is 0 Å². The molecule has 0 saturated heterocycles. The van der Waals surface area contributed by atoms with Gasteiger partial charge >= 0.3 is 0 Å². The quantitative estimate of drug-likeness (QED) is 0.513. The molecule has 1 rings (SSSR count). The monoisotopic (exact) mass is 307 g/mol. The van der Waals surface area contributed by atoms with E-state index in [4.69, 9.17) is 0 Å². The smallest absolute Gasteiger partial charge is 0.00721 e. The lowest BCUT2D eigenvalue weighted by atomic mass is 9.98. The van der Waals surface area contributed by atoms with Crippen LogP contribution in [0.4, 0.5) is 0 Å². The van der Waals surface area contributed by atoms with Crippen molar-refractivity contribution in [3.05, 3.63) is 29.8 Å². The van der Waals surface area contributed by atoms with Crippen LogP contribution in [-0.2, 0) is 0 Å². The summed E-state index contributed by atoms with van der Waals surface area (Å²) in [5, 5.41) is 0. The second-order valence-corrected chi connectivity index (χ2v) is 7.48. The minimum Gasteiger partial charge on any atom is -0.304 e. The average Bonchev–Trinajstić information content (AvgIpc) is 2.48. The van der Waals surface area contributed by atoms with Gasteiger partial charge in [0.15, 0.2) is 0 Å².